The number of anilines is 1. The SMILES string of the molecule is CN(c1nnc(-c2cccn2C)n1C[C@H]1CCOC1)C1CC1. The van der Waals surface area contributed by atoms with Crippen molar-refractivity contribution in [3.63, 3.8) is 0 Å². The van der Waals surface area contributed by atoms with E-state index in [1.807, 2.05) is 0 Å². The minimum atomic E-state index is 0.557. The van der Waals surface area contributed by atoms with Crippen molar-refractivity contribution in [3.8, 4) is 11.5 Å². The molecular formula is C16H23N5O. The van der Waals surface area contributed by atoms with Crippen LogP contribution in [0.2, 0.25) is 0 Å². The second kappa shape index (κ2) is 5.43. The average Bonchev–Trinajstić information content (AvgIpc) is 2.89. The molecule has 0 unspecified atom stereocenters. The van der Waals surface area contributed by atoms with Crippen molar-refractivity contribution in [1.29, 1.82) is 0 Å². The number of nitrogens with zero attached hydrogens (tertiary/aromatic N) is 5. The van der Waals surface area contributed by atoms with E-state index in [0.29, 0.717) is 12.0 Å². The van der Waals surface area contributed by atoms with E-state index in [1.165, 1.54) is 12.8 Å². The van der Waals surface area contributed by atoms with Crippen LogP contribution in [-0.4, -0.2) is 45.6 Å². The fourth-order valence-electron chi connectivity index (χ4n) is 3.22. The van der Waals surface area contributed by atoms with Gasteiger partial charge < -0.3 is 14.2 Å². The Balaban J connectivity index is 1.72. The molecule has 6 heteroatoms. The smallest absolute Gasteiger partial charge is 0.227 e. The second-order valence-electron chi connectivity index (χ2n) is 6.51. The van der Waals surface area contributed by atoms with Gasteiger partial charge in [0.25, 0.3) is 0 Å². The van der Waals surface area contributed by atoms with Gasteiger partial charge in [-0.2, -0.15) is 0 Å². The van der Waals surface area contributed by atoms with Crippen molar-refractivity contribution in [2.24, 2.45) is 13.0 Å². The molecule has 1 saturated carbocycles. The molecule has 1 saturated heterocycles. The van der Waals surface area contributed by atoms with Crippen LogP contribution in [0.25, 0.3) is 11.5 Å². The molecule has 1 aliphatic carbocycles. The fourth-order valence-corrected chi connectivity index (χ4v) is 3.22. The van der Waals surface area contributed by atoms with E-state index in [1.54, 1.807) is 0 Å². The largest absolute Gasteiger partial charge is 0.381 e. The Hall–Kier alpha value is -1.82. The molecular weight excluding hydrogens is 278 g/mol. The summed E-state index contributed by atoms with van der Waals surface area (Å²) in [5.41, 5.74) is 1.11. The lowest BCUT2D eigenvalue weighted by Crippen LogP contribution is -2.25. The lowest BCUT2D eigenvalue weighted by atomic mass is 10.1. The Morgan fingerprint density at radius 2 is 2.18 bits per heavy atom. The van der Waals surface area contributed by atoms with Crippen LogP contribution in [0, 0.1) is 5.92 Å². The summed E-state index contributed by atoms with van der Waals surface area (Å²) in [6.07, 6.45) is 5.69. The van der Waals surface area contributed by atoms with Crippen molar-refractivity contribution in [2.75, 3.05) is 25.2 Å². The van der Waals surface area contributed by atoms with Gasteiger partial charge in [0.05, 0.1) is 12.3 Å². The van der Waals surface area contributed by atoms with Crippen LogP contribution in [0.1, 0.15) is 19.3 Å². The zero-order valence-electron chi connectivity index (χ0n) is 13.3. The quantitative estimate of drug-likeness (QED) is 0.846. The van der Waals surface area contributed by atoms with Gasteiger partial charge in [-0.25, -0.2) is 0 Å². The first-order chi connectivity index (χ1) is 10.7. The molecule has 0 aromatic carbocycles. The molecule has 2 aliphatic rings. The average molecular weight is 301 g/mol. The third kappa shape index (κ3) is 2.41. The maximum atomic E-state index is 5.55. The van der Waals surface area contributed by atoms with Crippen LogP contribution in [0.5, 0.6) is 0 Å². The van der Waals surface area contributed by atoms with Crippen LogP contribution in [-0.2, 0) is 18.3 Å². The third-order valence-electron chi connectivity index (χ3n) is 4.78. The van der Waals surface area contributed by atoms with Gasteiger partial charge in [-0.15, -0.1) is 10.2 Å². The lowest BCUT2D eigenvalue weighted by molar-refractivity contribution is 0.182. The zero-order valence-corrected chi connectivity index (χ0v) is 13.3. The second-order valence-corrected chi connectivity index (χ2v) is 6.51. The van der Waals surface area contributed by atoms with Crippen molar-refractivity contribution in [3.05, 3.63) is 18.3 Å². The topological polar surface area (TPSA) is 48.1 Å². The van der Waals surface area contributed by atoms with Gasteiger partial charge >= 0.3 is 0 Å². The number of hydrogen-bond donors (Lipinski definition) is 0. The summed E-state index contributed by atoms with van der Waals surface area (Å²) >= 11 is 0. The van der Waals surface area contributed by atoms with E-state index >= 15 is 0 Å². The first-order valence-electron chi connectivity index (χ1n) is 8.09. The van der Waals surface area contributed by atoms with E-state index in [9.17, 15) is 0 Å². The summed E-state index contributed by atoms with van der Waals surface area (Å²) in [5.74, 6) is 2.51. The van der Waals surface area contributed by atoms with Gasteiger partial charge in [-0.1, -0.05) is 0 Å². The molecule has 1 atom stereocenters. The Labute approximate surface area is 130 Å². The molecule has 118 valence electrons. The molecule has 0 bridgehead atoms. The van der Waals surface area contributed by atoms with E-state index in [0.717, 1.165) is 43.6 Å². The Kier molecular flexibility index (Phi) is 3.41. The van der Waals surface area contributed by atoms with Gasteiger partial charge in [-0.05, 0) is 31.4 Å². The van der Waals surface area contributed by atoms with Gasteiger partial charge in [0.2, 0.25) is 5.95 Å². The molecule has 0 N–H and O–H groups in total. The van der Waals surface area contributed by atoms with E-state index in [-0.39, 0.29) is 0 Å². The molecule has 0 radical (unpaired) electrons. The summed E-state index contributed by atoms with van der Waals surface area (Å²) in [6, 6.07) is 4.79. The van der Waals surface area contributed by atoms with Crippen molar-refractivity contribution < 1.29 is 4.74 Å². The number of rotatable bonds is 5. The Bertz CT molecular complexity index is 651. The summed E-state index contributed by atoms with van der Waals surface area (Å²) < 4.78 is 9.94. The standard InChI is InChI=1S/C16H23N5O/c1-19-8-3-4-14(19)15-17-18-16(20(2)13-5-6-13)21(15)10-12-7-9-22-11-12/h3-4,8,12-13H,5-7,9-11H2,1-2H3/t12-/m1/s1. The third-order valence-corrected chi connectivity index (χ3v) is 4.78. The molecule has 2 fully saturated rings. The molecule has 1 aliphatic heterocycles. The van der Waals surface area contributed by atoms with Gasteiger partial charge in [0.1, 0.15) is 0 Å². The molecule has 2 aromatic heterocycles. The summed E-state index contributed by atoms with van der Waals surface area (Å²) in [5, 5.41) is 9.00. The molecule has 0 amide bonds. The van der Waals surface area contributed by atoms with Crippen molar-refractivity contribution in [1.82, 2.24) is 19.3 Å². The maximum Gasteiger partial charge on any atom is 0.227 e. The lowest BCUT2D eigenvalue weighted by Gasteiger charge is -2.21. The predicted octanol–water partition coefficient (Wildman–Crippen LogP) is 1.92. The van der Waals surface area contributed by atoms with E-state index in [2.05, 4.69) is 56.7 Å². The molecule has 0 spiro atoms. The van der Waals surface area contributed by atoms with Gasteiger partial charge in [0.15, 0.2) is 5.82 Å². The highest BCUT2D eigenvalue weighted by Crippen LogP contribution is 2.32. The van der Waals surface area contributed by atoms with Gasteiger partial charge in [0, 0.05) is 45.4 Å². The zero-order chi connectivity index (χ0) is 15.1. The summed E-state index contributed by atoms with van der Waals surface area (Å²) in [7, 11) is 4.19. The van der Waals surface area contributed by atoms with Crippen LogP contribution in [0.4, 0.5) is 5.95 Å². The minimum Gasteiger partial charge on any atom is -0.381 e. The monoisotopic (exact) mass is 301 g/mol. The number of ether oxygens (including phenoxy) is 1. The van der Waals surface area contributed by atoms with Crippen LogP contribution < -0.4 is 4.90 Å². The van der Waals surface area contributed by atoms with E-state index in [4.69, 9.17) is 4.74 Å². The molecule has 4 rings (SSSR count). The Morgan fingerprint density at radius 3 is 2.82 bits per heavy atom. The highest BCUT2D eigenvalue weighted by Gasteiger charge is 2.31. The Morgan fingerprint density at radius 1 is 1.32 bits per heavy atom. The first-order valence-corrected chi connectivity index (χ1v) is 8.09. The normalized spacial score (nSPS) is 21.5. The molecule has 6 nitrogen and oxygen atoms in total. The molecule has 2 aromatic rings. The van der Waals surface area contributed by atoms with Crippen LogP contribution in [0.3, 0.4) is 0 Å². The number of aromatic nitrogens is 4. The van der Waals surface area contributed by atoms with E-state index < -0.39 is 0 Å². The summed E-state index contributed by atoms with van der Waals surface area (Å²) in [4.78, 5) is 2.29. The van der Waals surface area contributed by atoms with Crippen molar-refractivity contribution in [2.45, 2.75) is 31.8 Å². The first kappa shape index (κ1) is 13.8. The number of aryl methyl sites for hydroxylation is 1. The van der Waals surface area contributed by atoms with Crippen LogP contribution in [0.15, 0.2) is 18.3 Å². The minimum absolute atomic E-state index is 0.557. The predicted molar refractivity (Wildman–Crippen MR) is 84.8 cm³/mol. The number of hydrogen-bond acceptors (Lipinski definition) is 4. The molecule has 3 heterocycles. The molecule has 22 heavy (non-hydrogen) atoms. The highest BCUT2D eigenvalue weighted by molar-refractivity contribution is 5.54. The van der Waals surface area contributed by atoms with Crippen molar-refractivity contribution >= 4 is 5.95 Å². The summed E-state index contributed by atoms with van der Waals surface area (Å²) in [6.45, 7) is 2.65. The fraction of sp³-hybridized carbons (Fsp3) is 0.625. The van der Waals surface area contributed by atoms with Crippen LogP contribution >= 0.6 is 0 Å². The maximum absolute atomic E-state index is 5.55. The highest BCUT2D eigenvalue weighted by atomic mass is 16.5. The van der Waals surface area contributed by atoms with Gasteiger partial charge in [-0.3, -0.25) is 4.57 Å².